The van der Waals surface area contributed by atoms with Crippen molar-refractivity contribution in [3.63, 3.8) is 0 Å². The minimum absolute atomic E-state index is 0.266. The van der Waals surface area contributed by atoms with Gasteiger partial charge in [0, 0.05) is 44.4 Å². The van der Waals surface area contributed by atoms with Crippen LogP contribution < -0.4 is 14.8 Å². The summed E-state index contributed by atoms with van der Waals surface area (Å²) < 4.78 is 25.3. The van der Waals surface area contributed by atoms with E-state index in [0.717, 1.165) is 32.7 Å². The van der Waals surface area contributed by atoms with E-state index in [1.54, 1.807) is 20.3 Å². The van der Waals surface area contributed by atoms with Crippen molar-refractivity contribution < 1.29 is 13.9 Å². The first-order chi connectivity index (χ1) is 9.67. The number of nitrogens with one attached hydrogen (secondary N) is 1. The predicted octanol–water partition coefficient (Wildman–Crippen LogP) is 2.05. The summed E-state index contributed by atoms with van der Waals surface area (Å²) in [5, 5.41) is 3.31. The molecule has 1 heterocycles. The molecule has 0 aliphatic carbocycles. The van der Waals surface area contributed by atoms with Crippen LogP contribution >= 0.6 is 15.9 Å². The third-order valence-corrected chi connectivity index (χ3v) is 4.12. The standard InChI is InChI=1S/C14H20BrFN2O2/c1-19-12-9-11(15)13(16)10(14(12)20-2)3-6-18-7-4-17-5-8-18/h9,17H,3-8H2,1-2H3. The molecule has 1 aromatic carbocycles. The lowest BCUT2D eigenvalue weighted by Crippen LogP contribution is -2.44. The number of hydrogen-bond acceptors (Lipinski definition) is 4. The van der Waals surface area contributed by atoms with Gasteiger partial charge in [-0.3, -0.25) is 0 Å². The second-order valence-corrected chi connectivity index (χ2v) is 5.58. The predicted molar refractivity (Wildman–Crippen MR) is 80.2 cm³/mol. The highest BCUT2D eigenvalue weighted by Gasteiger charge is 2.20. The van der Waals surface area contributed by atoms with Gasteiger partial charge in [-0.25, -0.2) is 4.39 Å². The smallest absolute Gasteiger partial charge is 0.166 e. The van der Waals surface area contributed by atoms with E-state index in [1.165, 1.54) is 0 Å². The lowest BCUT2D eigenvalue weighted by atomic mass is 10.1. The maximum Gasteiger partial charge on any atom is 0.166 e. The van der Waals surface area contributed by atoms with Crippen LogP contribution in [0.5, 0.6) is 11.5 Å². The second kappa shape index (κ2) is 7.24. The van der Waals surface area contributed by atoms with Gasteiger partial charge in [-0.05, 0) is 22.4 Å². The molecule has 0 saturated carbocycles. The number of halogens is 2. The van der Waals surface area contributed by atoms with E-state index in [9.17, 15) is 4.39 Å². The zero-order valence-electron chi connectivity index (χ0n) is 11.8. The lowest BCUT2D eigenvalue weighted by Gasteiger charge is -2.27. The fourth-order valence-corrected chi connectivity index (χ4v) is 2.89. The molecule has 1 aliphatic heterocycles. The third kappa shape index (κ3) is 3.42. The number of methoxy groups -OCH3 is 2. The van der Waals surface area contributed by atoms with Crippen molar-refractivity contribution >= 4 is 15.9 Å². The van der Waals surface area contributed by atoms with E-state index >= 15 is 0 Å². The van der Waals surface area contributed by atoms with Gasteiger partial charge in [0.2, 0.25) is 0 Å². The molecule has 1 aromatic rings. The summed E-state index contributed by atoms with van der Waals surface area (Å²) in [5.41, 5.74) is 0.567. The van der Waals surface area contributed by atoms with Gasteiger partial charge < -0.3 is 19.7 Å². The monoisotopic (exact) mass is 346 g/mol. The highest BCUT2D eigenvalue weighted by Crippen LogP contribution is 2.37. The Morgan fingerprint density at radius 3 is 2.60 bits per heavy atom. The quantitative estimate of drug-likeness (QED) is 0.884. The van der Waals surface area contributed by atoms with Crippen LogP contribution in [0.25, 0.3) is 0 Å². The van der Waals surface area contributed by atoms with Gasteiger partial charge in [-0.2, -0.15) is 0 Å². The van der Waals surface area contributed by atoms with Crippen LogP contribution in [0.2, 0.25) is 0 Å². The van der Waals surface area contributed by atoms with Crippen LogP contribution in [0.1, 0.15) is 5.56 Å². The molecule has 112 valence electrons. The Bertz CT molecular complexity index is 465. The summed E-state index contributed by atoms with van der Waals surface area (Å²) in [5.74, 6) is 0.775. The van der Waals surface area contributed by atoms with Crippen LogP contribution in [0.15, 0.2) is 10.5 Å². The summed E-state index contributed by atoms with van der Waals surface area (Å²) >= 11 is 3.23. The van der Waals surface area contributed by atoms with Crippen molar-refractivity contribution in [2.45, 2.75) is 6.42 Å². The molecule has 0 atom stereocenters. The third-order valence-electron chi connectivity index (χ3n) is 3.54. The number of rotatable bonds is 5. The van der Waals surface area contributed by atoms with E-state index < -0.39 is 0 Å². The van der Waals surface area contributed by atoms with Gasteiger partial charge in [-0.15, -0.1) is 0 Å². The average Bonchev–Trinajstić information content (AvgIpc) is 2.49. The Labute approximate surface area is 127 Å². The van der Waals surface area contributed by atoms with Crippen LogP contribution in [-0.4, -0.2) is 51.8 Å². The molecule has 1 aliphatic rings. The number of ether oxygens (including phenoxy) is 2. The average molecular weight is 347 g/mol. The van der Waals surface area contributed by atoms with Crippen molar-refractivity contribution in [3.05, 3.63) is 21.9 Å². The maximum absolute atomic E-state index is 14.3. The summed E-state index contributed by atoms with van der Waals surface area (Å²) in [6, 6.07) is 1.60. The molecule has 20 heavy (non-hydrogen) atoms. The first-order valence-corrected chi connectivity index (χ1v) is 7.48. The summed E-state index contributed by atoms with van der Waals surface area (Å²) in [6.45, 7) is 4.78. The fourth-order valence-electron chi connectivity index (χ4n) is 2.44. The molecule has 0 aromatic heterocycles. The van der Waals surface area contributed by atoms with Crippen molar-refractivity contribution in [1.82, 2.24) is 10.2 Å². The number of nitrogens with zero attached hydrogens (tertiary/aromatic N) is 1. The van der Waals surface area contributed by atoms with E-state index in [4.69, 9.17) is 9.47 Å². The largest absolute Gasteiger partial charge is 0.493 e. The van der Waals surface area contributed by atoms with Gasteiger partial charge in [0.05, 0.1) is 18.7 Å². The molecule has 0 spiro atoms. The van der Waals surface area contributed by atoms with Gasteiger partial charge in [0.15, 0.2) is 11.5 Å². The Kier molecular flexibility index (Phi) is 5.63. The molecular formula is C14H20BrFN2O2. The zero-order valence-corrected chi connectivity index (χ0v) is 13.4. The summed E-state index contributed by atoms with van der Waals surface area (Å²) in [4.78, 5) is 2.32. The van der Waals surface area contributed by atoms with Crippen LogP contribution in [0.4, 0.5) is 4.39 Å². The SMILES string of the molecule is COc1cc(Br)c(F)c(CCN2CCNCC2)c1OC. The van der Waals surface area contributed by atoms with E-state index in [1.807, 2.05) is 0 Å². The highest BCUT2D eigenvalue weighted by molar-refractivity contribution is 9.10. The molecule has 0 bridgehead atoms. The van der Waals surface area contributed by atoms with Crippen LogP contribution in [0.3, 0.4) is 0 Å². The number of benzene rings is 1. The maximum atomic E-state index is 14.3. The van der Waals surface area contributed by atoms with Crippen LogP contribution in [-0.2, 0) is 6.42 Å². The van der Waals surface area contributed by atoms with Gasteiger partial charge in [0.25, 0.3) is 0 Å². The highest BCUT2D eigenvalue weighted by atomic mass is 79.9. The first kappa shape index (κ1) is 15.5. The molecule has 0 radical (unpaired) electrons. The van der Waals surface area contributed by atoms with Gasteiger partial charge >= 0.3 is 0 Å². The first-order valence-electron chi connectivity index (χ1n) is 6.69. The zero-order chi connectivity index (χ0) is 14.5. The Morgan fingerprint density at radius 2 is 2.00 bits per heavy atom. The fraction of sp³-hybridized carbons (Fsp3) is 0.571. The summed E-state index contributed by atoms with van der Waals surface area (Å²) in [6.07, 6.45) is 0.602. The van der Waals surface area contributed by atoms with Crippen molar-refractivity contribution in [3.8, 4) is 11.5 Å². The lowest BCUT2D eigenvalue weighted by molar-refractivity contribution is 0.241. The second-order valence-electron chi connectivity index (χ2n) is 4.73. The minimum atomic E-state index is -0.266. The molecule has 6 heteroatoms. The van der Waals surface area contributed by atoms with Crippen molar-refractivity contribution in [1.29, 1.82) is 0 Å². The number of hydrogen-bond donors (Lipinski definition) is 1. The topological polar surface area (TPSA) is 33.7 Å². The van der Waals surface area contributed by atoms with E-state index in [2.05, 4.69) is 26.1 Å². The molecular weight excluding hydrogens is 327 g/mol. The van der Waals surface area contributed by atoms with E-state index in [0.29, 0.717) is 28.0 Å². The van der Waals surface area contributed by atoms with E-state index in [-0.39, 0.29) is 5.82 Å². The van der Waals surface area contributed by atoms with Crippen molar-refractivity contribution in [2.75, 3.05) is 46.9 Å². The molecule has 1 N–H and O–H groups in total. The molecule has 1 fully saturated rings. The Balaban J connectivity index is 2.18. The van der Waals surface area contributed by atoms with Gasteiger partial charge in [0.1, 0.15) is 5.82 Å². The molecule has 4 nitrogen and oxygen atoms in total. The molecule has 2 rings (SSSR count). The molecule has 0 unspecified atom stereocenters. The van der Waals surface area contributed by atoms with Crippen molar-refractivity contribution in [2.24, 2.45) is 0 Å². The normalized spacial score (nSPS) is 16.2. The summed E-state index contributed by atoms with van der Waals surface area (Å²) in [7, 11) is 3.10. The molecule has 1 saturated heterocycles. The van der Waals surface area contributed by atoms with Gasteiger partial charge in [-0.1, -0.05) is 0 Å². The number of piperazine rings is 1. The Hall–Kier alpha value is -0.850. The molecule has 0 amide bonds. The minimum Gasteiger partial charge on any atom is -0.493 e. The Morgan fingerprint density at radius 1 is 1.30 bits per heavy atom. The van der Waals surface area contributed by atoms with Crippen LogP contribution in [0, 0.1) is 5.82 Å².